The molecule has 0 spiro atoms. The molecule has 146 valence electrons. The third kappa shape index (κ3) is 4.49. The van der Waals surface area contributed by atoms with Gasteiger partial charge in [0.25, 0.3) is 0 Å². The van der Waals surface area contributed by atoms with Gasteiger partial charge in [0.1, 0.15) is 10.9 Å². The molecule has 0 saturated carbocycles. The molecule has 0 bridgehead atoms. The highest BCUT2D eigenvalue weighted by atomic mass is 35.5. The average Bonchev–Trinajstić information content (AvgIpc) is 3.12. The largest absolute Gasteiger partial charge is 0.375 e. The van der Waals surface area contributed by atoms with Crippen molar-refractivity contribution in [2.75, 3.05) is 31.6 Å². The van der Waals surface area contributed by atoms with Crippen LogP contribution in [0.4, 0.5) is 5.69 Å². The third-order valence-corrected chi connectivity index (χ3v) is 6.86. The molecule has 2 N–H and O–H groups in total. The Morgan fingerprint density at radius 3 is 2.69 bits per heavy atom. The molecule has 1 aromatic rings. The van der Waals surface area contributed by atoms with Crippen molar-refractivity contribution < 1.29 is 17.9 Å². The summed E-state index contributed by atoms with van der Waals surface area (Å²) in [6.07, 6.45) is 1.44. The number of anilines is 1. The van der Waals surface area contributed by atoms with E-state index in [0.29, 0.717) is 31.9 Å². The van der Waals surface area contributed by atoms with Crippen LogP contribution in [-0.2, 0) is 19.6 Å². The first-order valence-corrected chi connectivity index (χ1v) is 10.2. The number of amides is 1. The lowest BCUT2D eigenvalue weighted by atomic mass is 10.1. The molecule has 0 radical (unpaired) electrons. The van der Waals surface area contributed by atoms with Crippen LogP contribution in [0.5, 0.6) is 0 Å². The molecular weight excluding hydrogens is 401 g/mol. The molecule has 2 heterocycles. The predicted molar refractivity (Wildman–Crippen MR) is 103 cm³/mol. The Balaban J connectivity index is 0.00000243. The van der Waals surface area contributed by atoms with Crippen molar-refractivity contribution in [1.29, 1.82) is 0 Å². The van der Waals surface area contributed by atoms with Gasteiger partial charge in [0.15, 0.2) is 0 Å². The summed E-state index contributed by atoms with van der Waals surface area (Å²) >= 11 is 6.12. The summed E-state index contributed by atoms with van der Waals surface area (Å²) in [5.41, 5.74) is 0.395. The molecule has 0 unspecified atom stereocenters. The number of morpholine rings is 1. The maximum atomic E-state index is 12.7. The van der Waals surface area contributed by atoms with Gasteiger partial charge in [-0.25, -0.2) is 8.42 Å². The van der Waals surface area contributed by atoms with Gasteiger partial charge >= 0.3 is 0 Å². The topological polar surface area (TPSA) is 87.7 Å². The second kappa shape index (κ2) is 8.86. The number of halogens is 2. The first kappa shape index (κ1) is 21.4. The lowest BCUT2D eigenvalue weighted by molar-refractivity contribution is -0.123. The van der Waals surface area contributed by atoms with Crippen molar-refractivity contribution in [2.45, 2.75) is 36.8 Å². The number of nitrogens with zero attached hydrogens (tertiary/aromatic N) is 1. The van der Waals surface area contributed by atoms with Gasteiger partial charge in [-0.1, -0.05) is 11.6 Å². The first-order chi connectivity index (χ1) is 11.9. The summed E-state index contributed by atoms with van der Waals surface area (Å²) in [5, 5.41) is 6.00. The minimum absolute atomic E-state index is 0. The van der Waals surface area contributed by atoms with Crippen LogP contribution in [0.25, 0.3) is 0 Å². The number of carbonyl (C=O) groups excluding carboxylic acids is 1. The summed E-state index contributed by atoms with van der Waals surface area (Å²) in [5.74, 6) is -0.265. The molecule has 0 aliphatic carbocycles. The Hall–Kier alpha value is -0.900. The van der Waals surface area contributed by atoms with Crippen LogP contribution in [0.3, 0.4) is 0 Å². The molecule has 3 rings (SSSR count). The Bertz CT molecular complexity index is 754. The van der Waals surface area contributed by atoms with E-state index in [2.05, 4.69) is 10.6 Å². The highest BCUT2D eigenvalue weighted by Crippen LogP contribution is 2.29. The van der Waals surface area contributed by atoms with E-state index < -0.39 is 16.1 Å². The van der Waals surface area contributed by atoms with Gasteiger partial charge in [-0.2, -0.15) is 4.31 Å². The summed E-state index contributed by atoms with van der Waals surface area (Å²) < 4.78 is 32.4. The van der Waals surface area contributed by atoms with Crippen LogP contribution in [-0.4, -0.2) is 57.0 Å². The Kier molecular flexibility index (Phi) is 7.29. The van der Waals surface area contributed by atoms with E-state index in [1.165, 1.54) is 16.4 Å². The van der Waals surface area contributed by atoms with Gasteiger partial charge in [0.2, 0.25) is 15.9 Å². The molecule has 2 fully saturated rings. The summed E-state index contributed by atoms with van der Waals surface area (Å²) in [7, 11) is -3.65. The quantitative estimate of drug-likeness (QED) is 0.771. The first-order valence-electron chi connectivity index (χ1n) is 8.35. The van der Waals surface area contributed by atoms with Crippen molar-refractivity contribution in [3.63, 3.8) is 0 Å². The van der Waals surface area contributed by atoms with Crippen LogP contribution in [0.1, 0.15) is 19.8 Å². The second-order valence-electron chi connectivity index (χ2n) is 6.25. The van der Waals surface area contributed by atoms with Crippen molar-refractivity contribution in [3.05, 3.63) is 23.2 Å². The summed E-state index contributed by atoms with van der Waals surface area (Å²) in [4.78, 5) is 12.5. The number of rotatable bonds is 4. The van der Waals surface area contributed by atoms with Crippen molar-refractivity contribution >= 4 is 45.6 Å². The molecular formula is C16H23Cl2N3O4S. The zero-order chi connectivity index (χ0) is 18.0. The number of carbonyl (C=O) groups is 1. The van der Waals surface area contributed by atoms with Gasteiger partial charge in [-0.05, 0) is 38.0 Å². The SMILES string of the molecule is C[C@H]1OCCN[C@@H]1C(=O)Nc1ccc(Cl)c(S(=O)(=O)N2CCCC2)c1.Cl. The summed E-state index contributed by atoms with van der Waals surface area (Å²) in [6.45, 7) is 3.97. The maximum absolute atomic E-state index is 12.7. The fourth-order valence-corrected chi connectivity index (χ4v) is 5.11. The van der Waals surface area contributed by atoms with E-state index in [4.69, 9.17) is 16.3 Å². The highest BCUT2D eigenvalue weighted by molar-refractivity contribution is 7.89. The molecule has 0 aromatic heterocycles. The van der Waals surface area contributed by atoms with Crippen molar-refractivity contribution in [3.8, 4) is 0 Å². The van der Waals surface area contributed by atoms with Crippen LogP contribution in [0, 0.1) is 0 Å². The number of sulfonamides is 1. The van der Waals surface area contributed by atoms with Crippen LogP contribution >= 0.6 is 24.0 Å². The Labute approximate surface area is 164 Å². The summed E-state index contributed by atoms with van der Waals surface area (Å²) in [6, 6.07) is 4.02. The highest BCUT2D eigenvalue weighted by Gasteiger charge is 2.31. The van der Waals surface area contributed by atoms with Gasteiger partial charge in [0, 0.05) is 25.3 Å². The molecule has 1 aromatic carbocycles. The number of ether oxygens (including phenoxy) is 1. The average molecular weight is 424 g/mol. The maximum Gasteiger partial charge on any atom is 0.244 e. The molecule has 2 atom stereocenters. The Morgan fingerprint density at radius 1 is 1.35 bits per heavy atom. The lowest BCUT2D eigenvalue weighted by Crippen LogP contribution is -2.53. The zero-order valence-corrected chi connectivity index (χ0v) is 16.8. The van der Waals surface area contributed by atoms with Crippen LogP contribution in [0.15, 0.2) is 23.1 Å². The molecule has 1 amide bonds. The third-order valence-electron chi connectivity index (χ3n) is 4.48. The van der Waals surface area contributed by atoms with E-state index in [1.807, 2.05) is 6.92 Å². The molecule has 2 aliphatic heterocycles. The van der Waals surface area contributed by atoms with Gasteiger partial charge in [-0.3, -0.25) is 4.79 Å². The lowest BCUT2D eigenvalue weighted by Gasteiger charge is -2.29. The van der Waals surface area contributed by atoms with Crippen LogP contribution < -0.4 is 10.6 Å². The molecule has 2 saturated heterocycles. The fourth-order valence-electron chi connectivity index (χ4n) is 3.09. The van der Waals surface area contributed by atoms with Gasteiger partial charge < -0.3 is 15.4 Å². The monoisotopic (exact) mass is 423 g/mol. The molecule has 2 aliphatic rings. The minimum atomic E-state index is -3.65. The van der Waals surface area contributed by atoms with E-state index in [-0.39, 0.29) is 34.3 Å². The zero-order valence-electron chi connectivity index (χ0n) is 14.4. The van der Waals surface area contributed by atoms with Gasteiger partial charge in [0.05, 0.1) is 17.7 Å². The van der Waals surface area contributed by atoms with E-state index >= 15 is 0 Å². The second-order valence-corrected chi connectivity index (χ2v) is 8.57. The normalized spacial score (nSPS) is 24.1. The van der Waals surface area contributed by atoms with E-state index in [0.717, 1.165) is 12.8 Å². The number of nitrogens with one attached hydrogen (secondary N) is 2. The standard InChI is InChI=1S/C16H22ClN3O4S.ClH/c1-11-15(18-6-9-24-11)16(21)19-12-4-5-13(17)14(10-12)25(22,23)20-7-2-3-8-20;/h4-5,10-11,15,18H,2-3,6-9H2,1H3,(H,19,21);1H/t11-,15+;/m1./s1. The number of hydrogen-bond donors (Lipinski definition) is 2. The number of benzene rings is 1. The predicted octanol–water partition coefficient (Wildman–Crippen LogP) is 1.86. The fraction of sp³-hybridized carbons (Fsp3) is 0.562. The Morgan fingerprint density at radius 2 is 2.04 bits per heavy atom. The van der Waals surface area contributed by atoms with E-state index in [1.54, 1.807) is 6.07 Å². The van der Waals surface area contributed by atoms with Gasteiger partial charge in [-0.15, -0.1) is 12.4 Å². The molecule has 26 heavy (non-hydrogen) atoms. The van der Waals surface area contributed by atoms with Crippen molar-refractivity contribution in [1.82, 2.24) is 9.62 Å². The molecule has 10 heteroatoms. The van der Waals surface area contributed by atoms with Crippen LogP contribution in [0.2, 0.25) is 5.02 Å². The smallest absolute Gasteiger partial charge is 0.244 e. The van der Waals surface area contributed by atoms with E-state index in [9.17, 15) is 13.2 Å². The molecule has 7 nitrogen and oxygen atoms in total. The number of hydrogen-bond acceptors (Lipinski definition) is 5. The van der Waals surface area contributed by atoms with Crippen molar-refractivity contribution in [2.24, 2.45) is 0 Å². The minimum Gasteiger partial charge on any atom is -0.375 e.